The quantitative estimate of drug-likeness (QED) is 0.503. The molecule has 0 spiro atoms. The lowest BCUT2D eigenvalue weighted by Gasteiger charge is -2.28. The van der Waals surface area contributed by atoms with E-state index < -0.39 is 29.7 Å². The number of hydrogen-bond donors (Lipinski definition) is 3. The number of benzene rings is 1. The topological polar surface area (TPSA) is 100 Å². The molecule has 1 aromatic carbocycles. The Labute approximate surface area is 180 Å². The van der Waals surface area contributed by atoms with Crippen molar-refractivity contribution in [1.82, 2.24) is 9.88 Å². The second kappa shape index (κ2) is 9.01. The van der Waals surface area contributed by atoms with Crippen LogP contribution in [0.25, 0.3) is 0 Å². The maximum atomic E-state index is 13.5. The Morgan fingerprint density at radius 1 is 1.13 bits per heavy atom. The van der Waals surface area contributed by atoms with Crippen LogP contribution < -0.4 is 10.6 Å². The van der Waals surface area contributed by atoms with E-state index >= 15 is 0 Å². The van der Waals surface area contributed by atoms with E-state index in [-0.39, 0.29) is 11.5 Å². The molecule has 0 saturated heterocycles. The zero-order chi connectivity index (χ0) is 22.9. The number of nitrogens with zero attached hydrogens (tertiary/aromatic N) is 1. The highest BCUT2D eigenvalue weighted by atomic mass is 19.1. The summed E-state index contributed by atoms with van der Waals surface area (Å²) in [5, 5.41) is 15.4. The van der Waals surface area contributed by atoms with Crippen molar-refractivity contribution in [2.45, 2.75) is 58.6 Å². The molecule has 1 aliphatic carbocycles. The minimum Gasteiger partial charge on any atom is -0.391 e. The average molecular weight is 429 g/mol. The van der Waals surface area contributed by atoms with Crippen LogP contribution in [0.4, 0.5) is 10.1 Å². The van der Waals surface area contributed by atoms with Gasteiger partial charge in [0.2, 0.25) is 0 Å². The molecule has 1 fully saturated rings. The van der Waals surface area contributed by atoms with Crippen LogP contribution in [0.2, 0.25) is 0 Å². The third kappa shape index (κ3) is 4.54. The molecule has 0 aliphatic heterocycles. The number of amides is 2. The van der Waals surface area contributed by atoms with Gasteiger partial charge in [-0.2, -0.15) is 0 Å². The number of ketones is 1. The molecular formula is C23H28FN3O4. The number of aromatic nitrogens is 1. The van der Waals surface area contributed by atoms with Gasteiger partial charge in [0, 0.05) is 18.4 Å². The van der Waals surface area contributed by atoms with Gasteiger partial charge >= 0.3 is 0 Å². The van der Waals surface area contributed by atoms with E-state index in [9.17, 15) is 23.9 Å². The lowest BCUT2D eigenvalue weighted by atomic mass is 9.92. The molecule has 2 atom stereocenters. The van der Waals surface area contributed by atoms with Crippen molar-refractivity contribution in [1.29, 1.82) is 0 Å². The summed E-state index contributed by atoms with van der Waals surface area (Å²) < 4.78 is 15.0. The monoisotopic (exact) mass is 429 g/mol. The lowest BCUT2D eigenvalue weighted by Crippen LogP contribution is -2.47. The first kappa shape index (κ1) is 22.7. The van der Waals surface area contributed by atoms with Gasteiger partial charge in [-0.15, -0.1) is 0 Å². The zero-order valence-electron chi connectivity index (χ0n) is 18.2. The number of hydrogen-bond acceptors (Lipinski definition) is 4. The molecule has 2 amide bonds. The normalized spacial score (nSPS) is 18.5. The second-order valence-corrected chi connectivity index (χ2v) is 8.17. The van der Waals surface area contributed by atoms with E-state index in [1.54, 1.807) is 27.8 Å². The van der Waals surface area contributed by atoms with E-state index in [4.69, 9.17) is 0 Å². The smallest absolute Gasteiger partial charge is 0.294 e. The summed E-state index contributed by atoms with van der Waals surface area (Å²) in [5.74, 6) is -2.36. The van der Waals surface area contributed by atoms with Gasteiger partial charge in [-0.05, 0) is 62.9 Å². The summed E-state index contributed by atoms with van der Waals surface area (Å²) in [6.07, 6.45) is 2.32. The van der Waals surface area contributed by atoms with Gasteiger partial charge in [0.1, 0.15) is 5.82 Å². The highest BCUT2D eigenvalue weighted by Gasteiger charge is 2.31. The number of carbonyl (C=O) groups is 3. The summed E-state index contributed by atoms with van der Waals surface area (Å²) in [6, 6.07) is 3.81. The number of aliphatic hydroxyl groups is 1. The molecule has 1 aliphatic rings. The molecule has 8 heteroatoms. The van der Waals surface area contributed by atoms with Gasteiger partial charge in [-0.3, -0.25) is 14.4 Å². The maximum Gasteiger partial charge on any atom is 0.294 e. The average Bonchev–Trinajstić information content (AvgIpc) is 2.94. The van der Waals surface area contributed by atoms with Crippen LogP contribution in [0.15, 0.2) is 18.2 Å². The number of carbonyl (C=O) groups excluding carboxylic acids is 3. The summed E-state index contributed by atoms with van der Waals surface area (Å²) in [7, 11) is 1.62. The van der Waals surface area contributed by atoms with Gasteiger partial charge in [0.25, 0.3) is 17.6 Å². The van der Waals surface area contributed by atoms with Crippen molar-refractivity contribution in [3.63, 3.8) is 0 Å². The van der Waals surface area contributed by atoms with Crippen LogP contribution in [0.3, 0.4) is 0 Å². The first-order valence-corrected chi connectivity index (χ1v) is 10.4. The fourth-order valence-corrected chi connectivity index (χ4v) is 4.17. The van der Waals surface area contributed by atoms with E-state index in [0.717, 1.165) is 12.8 Å². The Morgan fingerprint density at radius 2 is 1.81 bits per heavy atom. The Balaban J connectivity index is 1.83. The molecule has 1 heterocycles. The van der Waals surface area contributed by atoms with Crippen LogP contribution >= 0.6 is 0 Å². The van der Waals surface area contributed by atoms with Gasteiger partial charge in [-0.25, -0.2) is 4.39 Å². The Kier molecular flexibility index (Phi) is 6.59. The largest absolute Gasteiger partial charge is 0.391 e. The molecule has 7 nitrogen and oxygen atoms in total. The SMILES string of the molecule is Cc1cc(NC(=O)c2c(C)c(C(=O)C(=O)N[C@@H]3CCCC[C@H]3O)n(C)c2C)ccc1F. The van der Waals surface area contributed by atoms with E-state index in [2.05, 4.69) is 10.6 Å². The van der Waals surface area contributed by atoms with Crippen LogP contribution in [-0.2, 0) is 11.8 Å². The van der Waals surface area contributed by atoms with E-state index in [1.165, 1.54) is 22.8 Å². The molecule has 3 N–H and O–H groups in total. The van der Waals surface area contributed by atoms with Crippen LogP contribution in [0.1, 0.15) is 63.4 Å². The minimum absolute atomic E-state index is 0.126. The number of aliphatic hydroxyl groups excluding tert-OH is 1. The summed E-state index contributed by atoms with van der Waals surface area (Å²) in [4.78, 5) is 38.4. The number of halogens is 1. The summed E-state index contributed by atoms with van der Waals surface area (Å²) >= 11 is 0. The molecule has 1 aromatic heterocycles. The van der Waals surface area contributed by atoms with Gasteiger partial charge in [-0.1, -0.05) is 12.8 Å². The Morgan fingerprint density at radius 3 is 2.45 bits per heavy atom. The molecular weight excluding hydrogens is 401 g/mol. The van der Waals surface area contributed by atoms with Gasteiger partial charge < -0.3 is 20.3 Å². The highest BCUT2D eigenvalue weighted by molar-refractivity contribution is 6.43. The molecule has 0 unspecified atom stereocenters. The number of aryl methyl sites for hydroxylation is 1. The molecule has 31 heavy (non-hydrogen) atoms. The zero-order valence-corrected chi connectivity index (χ0v) is 18.2. The molecule has 1 saturated carbocycles. The number of nitrogens with one attached hydrogen (secondary N) is 2. The van der Waals surface area contributed by atoms with E-state index in [0.29, 0.717) is 40.9 Å². The number of rotatable bonds is 5. The van der Waals surface area contributed by atoms with Crippen molar-refractivity contribution in [3.05, 3.63) is 52.1 Å². The van der Waals surface area contributed by atoms with Crippen molar-refractivity contribution >= 4 is 23.3 Å². The fourth-order valence-electron chi connectivity index (χ4n) is 4.17. The number of anilines is 1. The second-order valence-electron chi connectivity index (χ2n) is 8.17. The first-order valence-electron chi connectivity index (χ1n) is 10.4. The molecule has 3 rings (SSSR count). The molecule has 0 radical (unpaired) electrons. The summed E-state index contributed by atoms with van der Waals surface area (Å²) in [5.41, 5.74) is 2.17. The van der Waals surface area contributed by atoms with Crippen molar-refractivity contribution in [2.75, 3.05) is 5.32 Å². The first-order chi connectivity index (χ1) is 14.6. The highest BCUT2D eigenvalue weighted by Crippen LogP contribution is 2.24. The van der Waals surface area contributed by atoms with E-state index in [1.807, 2.05) is 0 Å². The van der Waals surface area contributed by atoms with Gasteiger partial charge in [0.05, 0.1) is 23.4 Å². The van der Waals surface area contributed by atoms with Gasteiger partial charge in [0.15, 0.2) is 0 Å². The Hall–Kier alpha value is -3.00. The predicted octanol–water partition coefficient (Wildman–Crippen LogP) is 2.94. The minimum atomic E-state index is -0.796. The fraction of sp³-hybridized carbons (Fsp3) is 0.435. The maximum absolute atomic E-state index is 13.5. The van der Waals surface area contributed by atoms with Crippen molar-refractivity contribution in [2.24, 2.45) is 7.05 Å². The lowest BCUT2D eigenvalue weighted by molar-refractivity contribution is -0.118. The van der Waals surface area contributed by atoms with Crippen molar-refractivity contribution in [3.8, 4) is 0 Å². The van der Waals surface area contributed by atoms with Crippen LogP contribution in [0.5, 0.6) is 0 Å². The number of Topliss-reactive ketones (excluding diaryl/α,β-unsaturated/α-hetero) is 1. The predicted molar refractivity (Wildman–Crippen MR) is 115 cm³/mol. The third-order valence-electron chi connectivity index (χ3n) is 6.04. The molecule has 166 valence electrons. The van der Waals surface area contributed by atoms with Crippen LogP contribution in [-0.4, -0.2) is 39.4 Å². The molecule has 2 aromatic rings. The summed E-state index contributed by atoms with van der Waals surface area (Å²) in [6.45, 7) is 4.91. The third-order valence-corrected chi connectivity index (χ3v) is 6.04. The van der Waals surface area contributed by atoms with Crippen molar-refractivity contribution < 1.29 is 23.9 Å². The Bertz CT molecular complexity index is 1040. The standard InChI is InChI=1S/C23H28FN3O4/c1-12-11-15(9-10-16(12)24)25-22(30)19-13(2)20(27(4)14(19)3)21(29)23(31)26-17-7-5-6-8-18(17)28/h9-11,17-18,28H,5-8H2,1-4H3,(H,25,30)(H,26,31)/t17-,18-/m1/s1. The molecule has 0 bridgehead atoms. The van der Waals surface area contributed by atoms with Crippen LogP contribution in [0, 0.1) is 26.6 Å².